The van der Waals surface area contributed by atoms with Crippen molar-refractivity contribution in [2.75, 3.05) is 11.9 Å². The Balaban J connectivity index is 1.63. The van der Waals surface area contributed by atoms with E-state index in [0.29, 0.717) is 5.78 Å². The maximum atomic E-state index is 4.30. The number of anilines is 1. The normalized spacial score (nSPS) is 11.0. The Morgan fingerprint density at radius 3 is 3.16 bits per heavy atom. The first-order chi connectivity index (χ1) is 9.33. The highest BCUT2D eigenvalue weighted by Crippen LogP contribution is 2.10. The molecule has 2 N–H and O–H groups in total. The minimum absolute atomic E-state index is 0.619. The van der Waals surface area contributed by atoms with Crippen LogP contribution < -0.4 is 5.32 Å². The summed E-state index contributed by atoms with van der Waals surface area (Å²) in [6.07, 6.45) is 7.04. The van der Waals surface area contributed by atoms with Crippen molar-refractivity contribution < 1.29 is 0 Å². The molecule has 0 fully saturated rings. The smallest absolute Gasteiger partial charge is 0.254 e. The summed E-state index contributed by atoms with van der Waals surface area (Å²) in [5, 5.41) is 7.51. The van der Waals surface area contributed by atoms with Crippen molar-refractivity contribution in [1.82, 2.24) is 29.5 Å². The number of rotatable bonds is 5. The van der Waals surface area contributed by atoms with Gasteiger partial charge in [0, 0.05) is 37.1 Å². The van der Waals surface area contributed by atoms with Crippen LogP contribution in [0.2, 0.25) is 0 Å². The molecule has 0 aliphatic heterocycles. The number of imidazole rings is 1. The topological polar surface area (TPSA) is 83.8 Å². The number of hydrogen-bond acceptors (Lipinski definition) is 5. The van der Waals surface area contributed by atoms with Crippen LogP contribution in [0.25, 0.3) is 5.78 Å². The van der Waals surface area contributed by atoms with Gasteiger partial charge < -0.3 is 10.3 Å². The Bertz CT molecular complexity index is 656. The van der Waals surface area contributed by atoms with Crippen molar-refractivity contribution in [3.63, 3.8) is 0 Å². The molecular formula is C12H15N7. The largest absolute Gasteiger partial charge is 0.370 e. The lowest BCUT2D eigenvalue weighted by atomic mass is 10.3. The van der Waals surface area contributed by atoms with Gasteiger partial charge in [-0.1, -0.05) is 0 Å². The Labute approximate surface area is 110 Å². The molecule has 19 heavy (non-hydrogen) atoms. The second-order valence-electron chi connectivity index (χ2n) is 4.32. The lowest BCUT2D eigenvalue weighted by molar-refractivity contribution is 0.805. The van der Waals surface area contributed by atoms with Gasteiger partial charge in [-0.05, 0) is 13.3 Å². The van der Waals surface area contributed by atoms with Gasteiger partial charge in [0.15, 0.2) is 0 Å². The van der Waals surface area contributed by atoms with E-state index in [9.17, 15) is 0 Å². The highest BCUT2D eigenvalue weighted by Gasteiger charge is 2.04. The van der Waals surface area contributed by atoms with Crippen molar-refractivity contribution in [3.05, 3.63) is 36.3 Å². The number of H-pyrrole nitrogens is 1. The number of nitrogens with zero attached hydrogens (tertiary/aromatic N) is 5. The Morgan fingerprint density at radius 2 is 2.32 bits per heavy atom. The van der Waals surface area contributed by atoms with E-state index in [-0.39, 0.29) is 0 Å². The summed E-state index contributed by atoms with van der Waals surface area (Å²) in [5.41, 5.74) is 0.925. The van der Waals surface area contributed by atoms with Crippen LogP contribution in [0.1, 0.15) is 17.9 Å². The summed E-state index contributed by atoms with van der Waals surface area (Å²) in [6, 6.07) is 1.97. The van der Waals surface area contributed by atoms with Crippen LogP contribution >= 0.6 is 0 Å². The van der Waals surface area contributed by atoms with Crippen LogP contribution in [0, 0.1) is 6.92 Å². The van der Waals surface area contributed by atoms with Crippen LogP contribution in [-0.4, -0.2) is 36.1 Å². The average molecular weight is 257 g/mol. The third kappa shape index (κ3) is 2.54. The van der Waals surface area contributed by atoms with Crippen LogP contribution in [-0.2, 0) is 6.42 Å². The molecule has 0 unspecified atom stereocenters. The molecule has 0 aromatic carbocycles. The summed E-state index contributed by atoms with van der Waals surface area (Å²) < 4.78 is 1.71. The van der Waals surface area contributed by atoms with Crippen molar-refractivity contribution in [2.45, 2.75) is 19.8 Å². The standard InChI is InChI=1S/C12H15N7/c1-9-7-11(19-12(18-9)16-8-17-19)15-4-2-3-10-13-5-6-14-10/h5-8,15H,2-4H2,1H3,(H,13,14). The molecule has 0 radical (unpaired) electrons. The predicted octanol–water partition coefficient (Wildman–Crippen LogP) is 1.20. The van der Waals surface area contributed by atoms with Gasteiger partial charge in [0.25, 0.3) is 5.78 Å². The van der Waals surface area contributed by atoms with E-state index in [1.54, 1.807) is 10.7 Å². The maximum Gasteiger partial charge on any atom is 0.254 e. The average Bonchev–Trinajstić information content (AvgIpc) is 3.04. The first-order valence-corrected chi connectivity index (χ1v) is 6.22. The number of fused-ring (bicyclic) bond motifs is 1. The molecule has 3 aromatic heterocycles. The van der Waals surface area contributed by atoms with Gasteiger partial charge >= 0.3 is 0 Å². The molecule has 98 valence electrons. The van der Waals surface area contributed by atoms with Crippen LogP contribution in [0.5, 0.6) is 0 Å². The number of aromatic amines is 1. The summed E-state index contributed by atoms with van der Waals surface area (Å²) >= 11 is 0. The third-order valence-corrected chi connectivity index (χ3v) is 2.83. The number of nitrogens with one attached hydrogen (secondary N) is 2. The quantitative estimate of drug-likeness (QED) is 0.671. The van der Waals surface area contributed by atoms with Gasteiger partial charge in [-0.25, -0.2) is 9.97 Å². The molecule has 3 heterocycles. The van der Waals surface area contributed by atoms with Gasteiger partial charge in [0.1, 0.15) is 18.0 Å². The van der Waals surface area contributed by atoms with Gasteiger partial charge in [0.2, 0.25) is 0 Å². The minimum Gasteiger partial charge on any atom is -0.370 e. The second-order valence-corrected chi connectivity index (χ2v) is 4.32. The summed E-state index contributed by atoms with van der Waals surface area (Å²) in [7, 11) is 0. The Kier molecular flexibility index (Phi) is 3.09. The summed E-state index contributed by atoms with van der Waals surface area (Å²) in [6.45, 7) is 2.79. The Hall–Kier alpha value is -2.44. The van der Waals surface area contributed by atoms with Gasteiger partial charge in [-0.15, -0.1) is 0 Å². The first kappa shape index (κ1) is 11.6. The van der Waals surface area contributed by atoms with E-state index >= 15 is 0 Å². The van der Waals surface area contributed by atoms with Crippen molar-refractivity contribution in [2.24, 2.45) is 0 Å². The second kappa shape index (κ2) is 5.05. The van der Waals surface area contributed by atoms with Crippen molar-refractivity contribution >= 4 is 11.6 Å². The highest BCUT2D eigenvalue weighted by atomic mass is 15.3. The molecule has 0 bridgehead atoms. The molecule has 7 heteroatoms. The molecule has 3 rings (SSSR count). The zero-order valence-electron chi connectivity index (χ0n) is 10.7. The van der Waals surface area contributed by atoms with E-state index < -0.39 is 0 Å². The monoisotopic (exact) mass is 257 g/mol. The fourth-order valence-corrected chi connectivity index (χ4v) is 1.96. The summed E-state index contributed by atoms with van der Waals surface area (Å²) in [5.74, 6) is 2.55. The maximum absolute atomic E-state index is 4.30. The van der Waals surface area contributed by atoms with Crippen LogP contribution in [0.4, 0.5) is 5.82 Å². The Morgan fingerprint density at radius 1 is 1.37 bits per heavy atom. The van der Waals surface area contributed by atoms with Crippen molar-refractivity contribution in [1.29, 1.82) is 0 Å². The zero-order valence-corrected chi connectivity index (χ0v) is 10.7. The molecule has 0 aliphatic carbocycles. The predicted molar refractivity (Wildman–Crippen MR) is 70.9 cm³/mol. The van der Waals surface area contributed by atoms with Crippen LogP contribution in [0.15, 0.2) is 24.8 Å². The molecule has 0 saturated carbocycles. The van der Waals surface area contributed by atoms with E-state index in [1.807, 2.05) is 19.2 Å². The van der Waals surface area contributed by atoms with E-state index in [4.69, 9.17) is 0 Å². The number of hydrogen-bond donors (Lipinski definition) is 2. The third-order valence-electron chi connectivity index (χ3n) is 2.83. The number of aryl methyl sites for hydroxylation is 2. The fraction of sp³-hybridized carbons (Fsp3) is 0.333. The number of aromatic nitrogens is 6. The molecule has 0 spiro atoms. The zero-order chi connectivity index (χ0) is 13.1. The van der Waals surface area contributed by atoms with Crippen molar-refractivity contribution in [3.8, 4) is 0 Å². The fourth-order valence-electron chi connectivity index (χ4n) is 1.96. The SMILES string of the molecule is Cc1cc(NCCCc2ncc[nH]2)n2ncnc2n1. The van der Waals surface area contributed by atoms with E-state index in [1.165, 1.54) is 6.33 Å². The molecular weight excluding hydrogens is 242 g/mol. The molecule has 0 aliphatic rings. The minimum atomic E-state index is 0.619. The highest BCUT2D eigenvalue weighted by molar-refractivity contribution is 5.44. The lowest BCUT2D eigenvalue weighted by Crippen LogP contribution is -2.09. The summed E-state index contributed by atoms with van der Waals surface area (Å²) in [4.78, 5) is 15.7. The first-order valence-electron chi connectivity index (χ1n) is 6.22. The molecule has 0 amide bonds. The lowest BCUT2D eigenvalue weighted by Gasteiger charge is -2.07. The molecule has 0 saturated heterocycles. The van der Waals surface area contributed by atoms with Gasteiger partial charge in [-0.2, -0.15) is 14.6 Å². The molecule has 3 aromatic rings. The van der Waals surface area contributed by atoms with Gasteiger partial charge in [0.05, 0.1) is 0 Å². The van der Waals surface area contributed by atoms with Crippen LogP contribution in [0.3, 0.4) is 0 Å². The van der Waals surface area contributed by atoms with E-state index in [0.717, 1.165) is 36.7 Å². The molecule has 0 atom stereocenters. The van der Waals surface area contributed by atoms with Gasteiger partial charge in [-0.3, -0.25) is 0 Å². The van der Waals surface area contributed by atoms with E-state index in [2.05, 4.69) is 30.4 Å². The molecule has 7 nitrogen and oxygen atoms in total.